The van der Waals surface area contributed by atoms with E-state index in [1.165, 1.54) is 11.3 Å². The highest BCUT2D eigenvalue weighted by molar-refractivity contribution is 7.15. The highest BCUT2D eigenvalue weighted by atomic mass is 32.1. The van der Waals surface area contributed by atoms with Gasteiger partial charge in [0.2, 0.25) is 5.95 Å². The minimum atomic E-state index is -4.58. The Morgan fingerprint density at radius 1 is 1.18 bits per heavy atom. The Morgan fingerprint density at radius 2 is 1.91 bits per heavy atom. The summed E-state index contributed by atoms with van der Waals surface area (Å²) < 4.78 is 53.9. The van der Waals surface area contributed by atoms with Gasteiger partial charge in [0, 0.05) is 18.1 Å². The van der Waals surface area contributed by atoms with Crippen LogP contribution in [0.2, 0.25) is 0 Å². The molecule has 1 aliphatic carbocycles. The van der Waals surface area contributed by atoms with E-state index in [4.69, 9.17) is 5.11 Å². The van der Waals surface area contributed by atoms with E-state index in [-0.39, 0.29) is 11.9 Å². The molecule has 34 heavy (non-hydrogen) atoms. The average Bonchev–Trinajstić information content (AvgIpc) is 3.28. The first-order valence-electron chi connectivity index (χ1n) is 10.7. The molecule has 0 radical (unpaired) electrons. The van der Waals surface area contributed by atoms with Crippen molar-refractivity contribution < 1.29 is 27.5 Å². The number of benzene rings is 1. The number of alkyl halides is 4. The monoisotopic (exact) mass is 494 g/mol. The molecule has 0 aliphatic heterocycles. The van der Waals surface area contributed by atoms with Crippen molar-refractivity contribution in [2.24, 2.45) is 11.8 Å². The molecule has 0 amide bonds. The maximum atomic E-state index is 15.1. The number of rotatable bonds is 6. The number of halogens is 4. The number of nitrogens with one attached hydrogen (secondary N) is 1. The second-order valence-corrected chi connectivity index (χ2v) is 9.45. The van der Waals surface area contributed by atoms with Gasteiger partial charge in [0.15, 0.2) is 6.17 Å². The summed E-state index contributed by atoms with van der Waals surface area (Å²) in [7, 11) is 0. The van der Waals surface area contributed by atoms with Crippen LogP contribution >= 0.6 is 11.3 Å². The van der Waals surface area contributed by atoms with Crippen LogP contribution in [0.1, 0.15) is 48.1 Å². The predicted octanol–water partition coefficient (Wildman–Crippen LogP) is 6.57. The third kappa shape index (κ3) is 5.52. The van der Waals surface area contributed by atoms with Gasteiger partial charge in [-0.05, 0) is 67.9 Å². The van der Waals surface area contributed by atoms with Crippen LogP contribution in [0.25, 0.3) is 10.4 Å². The van der Waals surface area contributed by atoms with Gasteiger partial charge >= 0.3 is 12.1 Å². The summed E-state index contributed by atoms with van der Waals surface area (Å²) in [4.78, 5) is 23.5. The molecule has 1 aromatic carbocycles. The number of carbonyl (C=O) groups is 1. The SMILES string of the molecule is Cc1cc(Nc2nccc(C(F)(F)F)n2)cc(-c2cnc(C(F)C3CCC(C(=O)O)CC3)s2)c1. The number of aliphatic carboxylic acids is 1. The Labute approximate surface area is 197 Å². The third-order valence-electron chi connectivity index (χ3n) is 5.86. The normalized spacial score (nSPS) is 19.6. The maximum absolute atomic E-state index is 15.1. The van der Waals surface area contributed by atoms with E-state index in [9.17, 15) is 18.0 Å². The molecule has 180 valence electrons. The molecule has 2 aromatic heterocycles. The zero-order valence-electron chi connectivity index (χ0n) is 18.1. The summed E-state index contributed by atoms with van der Waals surface area (Å²) in [6, 6.07) is 6.14. The zero-order valence-corrected chi connectivity index (χ0v) is 19.0. The van der Waals surface area contributed by atoms with Crippen molar-refractivity contribution in [3.05, 3.63) is 52.9 Å². The van der Waals surface area contributed by atoms with Gasteiger partial charge in [0.25, 0.3) is 0 Å². The first-order valence-corrected chi connectivity index (χ1v) is 11.5. The number of aryl methyl sites for hydroxylation is 1. The maximum Gasteiger partial charge on any atom is 0.433 e. The topological polar surface area (TPSA) is 88.0 Å². The Balaban J connectivity index is 1.50. The quantitative estimate of drug-likeness (QED) is 0.377. The molecule has 1 fully saturated rings. The lowest BCUT2D eigenvalue weighted by Crippen LogP contribution is -2.23. The van der Waals surface area contributed by atoms with Crippen LogP contribution in [-0.2, 0) is 11.0 Å². The molecule has 1 aliphatic rings. The van der Waals surface area contributed by atoms with E-state index in [0.717, 1.165) is 23.4 Å². The van der Waals surface area contributed by atoms with Crippen molar-refractivity contribution >= 4 is 28.9 Å². The van der Waals surface area contributed by atoms with Crippen molar-refractivity contribution in [3.8, 4) is 10.4 Å². The van der Waals surface area contributed by atoms with Crippen molar-refractivity contribution in [1.29, 1.82) is 0 Å². The largest absolute Gasteiger partial charge is 0.481 e. The predicted molar refractivity (Wildman–Crippen MR) is 120 cm³/mol. The number of hydrogen-bond acceptors (Lipinski definition) is 6. The van der Waals surface area contributed by atoms with Crippen LogP contribution < -0.4 is 5.32 Å². The zero-order chi connectivity index (χ0) is 24.5. The van der Waals surface area contributed by atoms with Crippen LogP contribution in [0.5, 0.6) is 0 Å². The number of carboxylic acids is 1. The molecule has 4 rings (SSSR count). The van der Waals surface area contributed by atoms with Crippen LogP contribution in [0.3, 0.4) is 0 Å². The van der Waals surface area contributed by atoms with E-state index < -0.39 is 29.9 Å². The van der Waals surface area contributed by atoms with E-state index in [1.807, 2.05) is 13.0 Å². The van der Waals surface area contributed by atoms with Gasteiger partial charge in [-0.25, -0.2) is 19.3 Å². The summed E-state index contributed by atoms with van der Waals surface area (Å²) in [6.07, 6.45) is -1.30. The Hall–Kier alpha value is -3.08. The summed E-state index contributed by atoms with van der Waals surface area (Å²) >= 11 is 1.21. The molecule has 3 aromatic rings. The molecule has 11 heteroatoms. The molecule has 1 unspecified atom stereocenters. The van der Waals surface area contributed by atoms with Gasteiger partial charge in [-0.3, -0.25) is 4.79 Å². The molecule has 0 spiro atoms. The minimum absolute atomic E-state index is 0.183. The number of carboxylic acid groups (broad SMARTS) is 1. The number of nitrogens with zero attached hydrogens (tertiary/aromatic N) is 3. The summed E-state index contributed by atoms with van der Waals surface area (Å²) in [5.41, 5.74) is 1.02. The molecule has 2 heterocycles. The number of hydrogen-bond donors (Lipinski definition) is 2. The van der Waals surface area contributed by atoms with Gasteiger partial charge in [-0.15, -0.1) is 11.3 Å². The Bertz CT molecular complexity index is 1180. The van der Waals surface area contributed by atoms with Gasteiger partial charge in [0.05, 0.1) is 10.8 Å². The van der Waals surface area contributed by atoms with E-state index in [0.29, 0.717) is 41.3 Å². The summed E-state index contributed by atoms with van der Waals surface area (Å²) in [5, 5.41) is 12.3. The first-order chi connectivity index (χ1) is 16.1. The van der Waals surface area contributed by atoms with Crippen LogP contribution in [-0.4, -0.2) is 26.0 Å². The minimum Gasteiger partial charge on any atom is -0.481 e. The highest BCUT2D eigenvalue weighted by Gasteiger charge is 2.33. The fraction of sp³-hybridized carbons (Fsp3) is 0.391. The molecule has 1 atom stereocenters. The van der Waals surface area contributed by atoms with Gasteiger partial charge in [0.1, 0.15) is 10.7 Å². The standard InChI is InChI=1S/C23H22F4N4O2S/c1-12-8-15(10-16(9-12)30-22-28-7-6-18(31-22)23(25,26)27)17-11-29-20(34-17)19(24)13-2-4-14(5-3-13)21(32)33/h6-11,13-14,19H,2-5H2,1H3,(H,32,33)(H,28,30,31). The van der Waals surface area contributed by atoms with Crippen LogP contribution in [0.15, 0.2) is 36.7 Å². The summed E-state index contributed by atoms with van der Waals surface area (Å²) in [6.45, 7) is 1.84. The number of thiazole rings is 1. The first kappa shape index (κ1) is 24.1. The van der Waals surface area contributed by atoms with Gasteiger partial charge in [-0.1, -0.05) is 6.07 Å². The molecule has 1 saturated carbocycles. The summed E-state index contributed by atoms with van der Waals surface area (Å²) in [5.74, 6) is -1.68. The third-order valence-corrected chi connectivity index (χ3v) is 6.96. The van der Waals surface area contributed by atoms with Gasteiger partial charge in [-0.2, -0.15) is 13.2 Å². The van der Waals surface area contributed by atoms with E-state index in [1.54, 1.807) is 18.3 Å². The lowest BCUT2D eigenvalue weighted by molar-refractivity contribution is -0.143. The van der Waals surface area contributed by atoms with Crippen LogP contribution in [0, 0.1) is 18.8 Å². The smallest absolute Gasteiger partial charge is 0.433 e. The van der Waals surface area contributed by atoms with E-state index in [2.05, 4.69) is 20.3 Å². The fourth-order valence-corrected chi connectivity index (χ4v) is 5.09. The van der Waals surface area contributed by atoms with Crippen molar-refractivity contribution in [1.82, 2.24) is 15.0 Å². The molecule has 0 saturated heterocycles. The molecule has 6 nitrogen and oxygen atoms in total. The molecular formula is C23H22F4N4O2S. The second kappa shape index (κ2) is 9.65. The second-order valence-electron chi connectivity index (χ2n) is 8.39. The Morgan fingerprint density at radius 3 is 2.59 bits per heavy atom. The molecule has 2 N–H and O–H groups in total. The van der Waals surface area contributed by atoms with Crippen molar-refractivity contribution in [2.75, 3.05) is 5.32 Å². The van der Waals surface area contributed by atoms with Gasteiger partial charge < -0.3 is 10.4 Å². The number of anilines is 2. The lowest BCUT2D eigenvalue weighted by atomic mass is 9.80. The Kier molecular flexibility index (Phi) is 6.83. The average molecular weight is 495 g/mol. The van der Waals surface area contributed by atoms with Crippen molar-refractivity contribution in [3.63, 3.8) is 0 Å². The highest BCUT2D eigenvalue weighted by Crippen LogP contribution is 2.42. The number of aromatic nitrogens is 3. The fourth-order valence-electron chi connectivity index (χ4n) is 4.11. The molecular weight excluding hydrogens is 472 g/mol. The van der Waals surface area contributed by atoms with E-state index >= 15 is 4.39 Å². The van der Waals surface area contributed by atoms with Crippen molar-refractivity contribution in [2.45, 2.75) is 45.0 Å². The van der Waals surface area contributed by atoms with Crippen LogP contribution in [0.4, 0.5) is 29.2 Å². The molecule has 0 bridgehead atoms. The lowest BCUT2D eigenvalue weighted by Gasteiger charge is -2.27.